The van der Waals surface area contributed by atoms with Gasteiger partial charge in [0.1, 0.15) is 12.3 Å². The van der Waals surface area contributed by atoms with Crippen LogP contribution in [0.4, 0.5) is 30.7 Å². The number of rotatable bonds is 3. The molecule has 1 fully saturated rings. The molecule has 1 aromatic rings. The second-order valence-corrected chi connectivity index (χ2v) is 6.24. The molecular formula is C14H11F7N2O5. The molecule has 0 spiro atoms. The predicted molar refractivity (Wildman–Crippen MR) is 75.8 cm³/mol. The minimum Gasteiger partial charge on any atom is -0.394 e. The number of halogens is 7. The maximum atomic E-state index is 13.9. The third kappa shape index (κ3) is 2.54. The van der Waals surface area contributed by atoms with Gasteiger partial charge < -0.3 is 14.9 Å². The molecule has 2 aliphatic rings. The molecule has 0 saturated carbocycles. The third-order valence-corrected chi connectivity index (χ3v) is 4.53. The summed E-state index contributed by atoms with van der Waals surface area (Å²) in [5.74, 6) is -21.0. The Kier molecular flexibility index (Phi) is 4.51. The minimum atomic E-state index is -6.16. The first kappa shape index (κ1) is 20.5. The fourth-order valence-corrected chi connectivity index (χ4v) is 3.00. The summed E-state index contributed by atoms with van der Waals surface area (Å²) in [5, 5.41) is 18.7. The van der Waals surface area contributed by atoms with Gasteiger partial charge >= 0.3 is 23.5 Å². The first-order valence-electron chi connectivity index (χ1n) is 7.61. The number of alkyl halides is 6. The van der Waals surface area contributed by atoms with Crippen molar-refractivity contribution in [2.75, 3.05) is 6.61 Å². The van der Waals surface area contributed by atoms with Crippen LogP contribution in [-0.4, -0.2) is 56.3 Å². The highest BCUT2D eigenvalue weighted by Crippen LogP contribution is 2.61. The zero-order valence-electron chi connectivity index (χ0n) is 13.4. The Morgan fingerprint density at radius 3 is 2.25 bits per heavy atom. The second kappa shape index (κ2) is 6.15. The van der Waals surface area contributed by atoms with Crippen LogP contribution in [0.25, 0.3) is 5.57 Å². The molecule has 1 saturated heterocycles. The molecule has 0 radical (unpaired) electrons. The molecule has 0 aromatic carbocycles. The molecule has 0 amide bonds. The number of allylic oxidation sites excluding steroid dienone is 2. The van der Waals surface area contributed by atoms with E-state index < -0.39 is 77.4 Å². The van der Waals surface area contributed by atoms with Crippen molar-refractivity contribution >= 4 is 5.57 Å². The highest BCUT2D eigenvalue weighted by molar-refractivity contribution is 5.77. The van der Waals surface area contributed by atoms with Crippen LogP contribution in [0.15, 0.2) is 21.6 Å². The second-order valence-electron chi connectivity index (χ2n) is 6.24. The first-order valence-corrected chi connectivity index (χ1v) is 7.61. The quantitative estimate of drug-likeness (QED) is 0.627. The zero-order chi connectivity index (χ0) is 21.2. The summed E-state index contributed by atoms with van der Waals surface area (Å²) in [5.41, 5.74) is -7.33. The van der Waals surface area contributed by atoms with Crippen LogP contribution in [0.3, 0.4) is 0 Å². The number of ether oxygens (including phenoxy) is 1. The van der Waals surface area contributed by atoms with Crippen LogP contribution in [0.1, 0.15) is 18.2 Å². The number of aromatic amines is 1. The number of aliphatic hydroxyl groups excluding tert-OH is 2. The maximum absolute atomic E-state index is 13.9. The summed E-state index contributed by atoms with van der Waals surface area (Å²) in [6, 6.07) is 0. The first-order chi connectivity index (χ1) is 12.8. The van der Waals surface area contributed by atoms with E-state index in [1.165, 1.54) is 4.98 Å². The van der Waals surface area contributed by atoms with Crippen molar-refractivity contribution < 1.29 is 45.7 Å². The van der Waals surface area contributed by atoms with Crippen LogP contribution in [0, 0.1) is 0 Å². The molecule has 14 heteroatoms. The van der Waals surface area contributed by atoms with E-state index in [1.54, 1.807) is 0 Å². The molecule has 28 heavy (non-hydrogen) atoms. The SMILES string of the molecule is O=c1[nH]c(=O)n([C@H]2C[C@H](O)[C@@H](CO)O2)cc1C1=C(F)C(F)(F)C(F)(F)C1(F)F. The van der Waals surface area contributed by atoms with Crippen molar-refractivity contribution in [2.24, 2.45) is 0 Å². The summed E-state index contributed by atoms with van der Waals surface area (Å²) < 4.78 is 101. The van der Waals surface area contributed by atoms with Crippen LogP contribution in [0.5, 0.6) is 0 Å². The molecule has 1 aliphatic heterocycles. The summed E-state index contributed by atoms with van der Waals surface area (Å²) in [7, 11) is 0. The third-order valence-electron chi connectivity index (χ3n) is 4.53. The average Bonchev–Trinajstić information content (AvgIpc) is 2.99. The molecule has 3 rings (SSSR count). The van der Waals surface area contributed by atoms with E-state index in [4.69, 9.17) is 9.84 Å². The standard InChI is InChI=1S/C14H11F7N2O5/c15-9-8(12(16,17)14(20,21)13(9,18)19)4-2-23(11(27)22-10(4)26)7-1-5(25)6(3-24)28-7/h2,5-7,24-25H,1,3H2,(H,22,26,27)/t5-,6+,7+/m0/s1. The molecule has 156 valence electrons. The summed E-state index contributed by atoms with van der Waals surface area (Å²) in [4.78, 5) is 25.1. The van der Waals surface area contributed by atoms with Crippen molar-refractivity contribution in [2.45, 2.75) is 42.6 Å². The van der Waals surface area contributed by atoms with Crippen molar-refractivity contribution in [3.05, 3.63) is 38.4 Å². The number of hydrogen-bond donors (Lipinski definition) is 3. The van der Waals surface area contributed by atoms with Gasteiger partial charge in [0.25, 0.3) is 5.56 Å². The highest BCUT2D eigenvalue weighted by Gasteiger charge is 2.81. The Balaban J connectivity index is 2.18. The van der Waals surface area contributed by atoms with E-state index in [0.717, 1.165) is 0 Å². The van der Waals surface area contributed by atoms with Crippen LogP contribution < -0.4 is 11.2 Å². The van der Waals surface area contributed by atoms with Crippen LogP contribution >= 0.6 is 0 Å². The van der Waals surface area contributed by atoms with Gasteiger partial charge in [-0.05, 0) is 0 Å². The smallest absolute Gasteiger partial charge is 0.383 e. The number of H-pyrrole nitrogens is 1. The van der Waals surface area contributed by atoms with E-state index in [2.05, 4.69) is 0 Å². The van der Waals surface area contributed by atoms with E-state index >= 15 is 0 Å². The molecule has 0 unspecified atom stereocenters. The fourth-order valence-electron chi connectivity index (χ4n) is 3.00. The highest BCUT2D eigenvalue weighted by atomic mass is 19.3. The molecule has 1 aliphatic carbocycles. The summed E-state index contributed by atoms with van der Waals surface area (Å²) >= 11 is 0. The van der Waals surface area contributed by atoms with Crippen molar-refractivity contribution in [3.8, 4) is 0 Å². The van der Waals surface area contributed by atoms with Crippen molar-refractivity contribution in [1.82, 2.24) is 9.55 Å². The number of aliphatic hydroxyl groups is 2. The van der Waals surface area contributed by atoms with E-state index in [1.807, 2.05) is 0 Å². The Morgan fingerprint density at radius 1 is 1.18 bits per heavy atom. The number of nitrogens with zero attached hydrogens (tertiary/aromatic N) is 1. The summed E-state index contributed by atoms with van der Waals surface area (Å²) in [6.45, 7) is -0.709. The topological polar surface area (TPSA) is 105 Å². The molecule has 0 bridgehead atoms. The van der Waals surface area contributed by atoms with E-state index in [9.17, 15) is 45.4 Å². The number of aromatic nitrogens is 2. The fraction of sp³-hybridized carbons (Fsp3) is 0.571. The van der Waals surface area contributed by atoms with E-state index in [-0.39, 0.29) is 6.20 Å². The van der Waals surface area contributed by atoms with Gasteiger partial charge in [0.2, 0.25) is 0 Å². The molecule has 1 aromatic heterocycles. The van der Waals surface area contributed by atoms with Crippen molar-refractivity contribution in [1.29, 1.82) is 0 Å². The maximum Gasteiger partial charge on any atom is 0.383 e. The van der Waals surface area contributed by atoms with Crippen molar-refractivity contribution in [3.63, 3.8) is 0 Å². The van der Waals surface area contributed by atoms with Gasteiger partial charge in [-0.2, -0.15) is 26.3 Å². The van der Waals surface area contributed by atoms with Gasteiger partial charge in [0.05, 0.1) is 23.8 Å². The largest absolute Gasteiger partial charge is 0.394 e. The zero-order valence-corrected chi connectivity index (χ0v) is 13.4. The Morgan fingerprint density at radius 2 is 1.79 bits per heavy atom. The lowest BCUT2D eigenvalue weighted by Gasteiger charge is -2.24. The Bertz CT molecular complexity index is 954. The number of nitrogens with one attached hydrogen (secondary N) is 1. The lowest BCUT2D eigenvalue weighted by atomic mass is 10.0. The normalized spacial score (nSPS) is 30.8. The monoisotopic (exact) mass is 420 g/mol. The average molecular weight is 420 g/mol. The molecule has 3 atom stereocenters. The molecule has 3 N–H and O–H groups in total. The lowest BCUT2D eigenvalue weighted by Crippen LogP contribution is -2.49. The van der Waals surface area contributed by atoms with Gasteiger partial charge in [-0.25, -0.2) is 9.18 Å². The molecule has 2 heterocycles. The van der Waals surface area contributed by atoms with E-state index in [0.29, 0.717) is 4.57 Å². The van der Waals surface area contributed by atoms with Gasteiger partial charge in [-0.1, -0.05) is 0 Å². The Hall–Kier alpha value is -2.19. The van der Waals surface area contributed by atoms with Gasteiger partial charge in [-0.15, -0.1) is 0 Å². The Labute approximate surface area is 149 Å². The van der Waals surface area contributed by atoms with Crippen LogP contribution in [-0.2, 0) is 4.74 Å². The van der Waals surface area contributed by atoms with Gasteiger partial charge in [0.15, 0.2) is 5.83 Å². The number of hydrogen-bond acceptors (Lipinski definition) is 5. The van der Waals surface area contributed by atoms with Crippen LogP contribution in [0.2, 0.25) is 0 Å². The summed E-state index contributed by atoms with van der Waals surface area (Å²) in [6.07, 6.45) is -4.24. The van der Waals surface area contributed by atoms with Gasteiger partial charge in [-0.3, -0.25) is 14.3 Å². The predicted octanol–water partition coefficient (Wildman–Crippen LogP) is 0.777. The minimum absolute atomic E-state index is 0.165. The molecular weight excluding hydrogens is 409 g/mol. The lowest BCUT2D eigenvalue weighted by molar-refractivity contribution is -0.263. The molecule has 7 nitrogen and oxygen atoms in total. The van der Waals surface area contributed by atoms with Gasteiger partial charge in [0, 0.05) is 12.6 Å².